The maximum atomic E-state index is 10.9. The normalized spacial score (nSPS) is 12.1. The molecule has 0 saturated heterocycles. The van der Waals surface area contributed by atoms with E-state index in [-0.39, 0.29) is 0 Å². The summed E-state index contributed by atoms with van der Waals surface area (Å²) >= 11 is 0. The highest BCUT2D eigenvalue weighted by Crippen LogP contribution is 2.09. The van der Waals surface area contributed by atoms with E-state index >= 15 is 0 Å². The van der Waals surface area contributed by atoms with Gasteiger partial charge in [0.2, 0.25) is 5.91 Å². The van der Waals surface area contributed by atoms with E-state index in [4.69, 9.17) is 10.5 Å². The lowest BCUT2D eigenvalue weighted by Gasteiger charge is -2.13. The van der Waals surface area contributed by atoms with E-state index in [1.54, 1.807) is 24.3 Å². The Morgan fingerprint density at radius 2 is 2.00 bits per heavy atom. The zero-order chi connectivity index (χ0) is 15.5. The first kappa shape index (κ1) is 17.5. The lowest BCUT2D eigenvalue weighted by molar-refractivity contribution is 0.0417. The van der Waals surface area contributed by atoms with Crippen LogP contribution in [0, 0.1) is 0 Å². The predicted molar refractivity (Wildman–Crippen MR) is 84.4 cm³/mol. The van der Waals surface area contributed by atoms with Crippen molar-refractivity contribution in [3.8, 4) is 0 Å². The average molecular weight is 294 g/mol. The smallest absolute Gasteiger partial charge is 0.248 e. The first-order chi connectivity index (χ1) is 10.1. The highest BCUT2D eigenvalue weighted by atomic mass is 16.5. The molecular formula is C16H26N2O3. The Morgan fingerprint density at radius 1 is 1.29 bits per heavy atom. The molecule has 0 radical (unpaired) electrons. The van der Waals surface area contributed by atoms with Gasteiger partial charge in [0.15, 0.2) is 0 Å². The van der Waals surface area contributed by atoms with Crippen molar-refractivity contribution in [3.05, 3.63) is 29.8 Å². The molecule has 1 unspecified atom stereocenters. The number of hydrogen-bond donors (Lipinski definition) is 3. The molecule has 0 spiro atoms. The molecule has 0 aromatic heterocycles. The topological polar surface area (TPSA) is 84.6 Å². The largest absolute Gasteiger partial charge is 0.389 e. The van der Waals surface area contributed by atoms with Crippen molar-refractivity contribution in [1.29, 1.82) is 0 Å². The lowest BCUT2D eigenvalue weighted by Crippen LogP contribution is -2.25. The monoisotopic (exact) mass is 294 g/mol. The predicted octanol–water partition coefficient (Wildman–Crippen LogP) is 2.16. The molecule has 0 aliphatic carbocycles. The Kier molecular flexibility index (Phi) is 8.47. The van der Waals surface area contributed by atoms with Crippen LogP contribution in [0.4, 0.5) is 5.69 Å². The number of carbonyl (C=O) groups is 1. The molecule has 0 bridgehead atoms. The van der Waals surface area contributed by atoms with E-state index < -0.39 is 12.0 Å². The summed E-state index contributed by atoms with van der Waals surface area (Å²) in [6, 6.07) is 6.83. The van der Waals surface area contributed by atoms with Crippen LogP contribution in [-0.2, 0) is 4.74 Å². The average Bonchev–Trinajstić information content (AvgIpc) is 2.49. The molecule has 1 atom stereocenters. The molecule has 1 aromatic rings. The molecule has 4 N–H and O–H groups in total. The number of nitrogens with one attached hydrogen (secondary N) is 1. The summed E-state index contributed by atoms with van der Waals surface area (Å²) in [4.78, 5) is 10.9. The van der Waals surface area contributed by atoms with Gasteiger partial charge in [-0.15, -0.1) is 0 Å². The third-order valence-corrected chi connectivity index (χ3v) is 3.16. The van der Waals surface area contributed by atoms with Crippen molar-refractivity contribution in [2.75, 3.05) is 25.1 Å². The van der Waals surface area contributed by atoms with Crippen molar-refractivity contribution in [3.63, 3.8) is 0 Å². The fourth-order valence-electron chi connectivity index (χ4n) is 1.90. The van der Waals surface area contributed by atoms with Gasteiger partial charge in [0.05, 0.1) is 12.7 Å². The molecule has 0 fully saturated rings. The fourth-order valence-corrected chi connectivity index (χ4v) is 1.90. The maximum Gasteiger partial charge on any atom is 0.248 e. The second kappa shape index (κ2) is 10.2. The van der Waals surface area contributed by atoms with Crippen LogP contribution in [0.25, 0.3) is 0 Å². The number of aliphatic hydroxyl groups excluding tert-OH is 1. The fraction of sp³-hybridized carbons (Fsp3) is 0.562. The van der Waals surface area contributed by atoms with Crippen molar-refractivity contribution in [1.82, 2.24) is 0 Å². The molecular weight excluding hydrogens is 268 g/mol. The molecule has 118 valence electrons. The number of rotatable bonds is 11. The molecule has 1 rings (SSSR count). The van der Waals surface area contributed by atoms with Gasteiger partial charge in [-0.2, -0.15) is 0 Å². The Balaban J connectivity index is 2.14. The minimum absolute atomic E-state index is 0.332. The quantitative estimate of drug-likeness (QED) is 0.546. The first-order valence-corrected chi connectivity index (χ1v) is 7.53. The summed E-state index contributed by atoms with van der Waals surface area (Å²) in [6.45, 7) is 3.61. The second-order valence-corrected chi connectivity index (χ2v) is 5.11. The minimum Gasteiger partial charge on any atom is -0.389 e. The summed E-state index contributed by atoms with van der Waals surface area (Å²) in [7, 11) is 0. The molecule has 1 aromatic carbocycles. The Labute approximate surface area is 126 Å². The third kappa shape index (κ3) is 7.68. The SMILES string of the molecule is CCCCCCOCC(O)CNc1ccc(C(N)=O)cc1. The van der Waals surface area contributed by atoms with Crippen LogP contribution in [0.2, 0.25) is 0 Å². The van der Waals surface area contributed by atoms with Gasteiger partial charge in [0, 0.05) is 24.4 Å². The van der Waals surface area contributed by atoms with Gasteiger partial charge < -0.3 is 20.9 Å². The number of primary amides is 1. The van der Waals surface area contributed by atoms with Crippen molar-refractivity contribution < 1.29 is 14.6 Å². The summed E-state index contributed by atoms with van der Waals surface area (Å²) in [5, 5.41) is 12.9. The van der Waals surface area contributed by atoms with Crippen molar-refractivity contribution in [2.24, 2.45) is 5.73 Å². The van der Waals surface area contributed by atoms with E-state index in [1.807, 2.05) is 0 Å². The molecule has 5 nitrogen and oxygen atoms in total. The zero-order valence-electron chi connectivity index (χ0n) is 12.7. The van der Waals surface area contributed by atoms with Gasteiger partial charge in [-0.05, 0) is 30.7 Å². The number of aliphatic hydroxyl groups is 1. The van der Waals surface area contributed by atoms with Crippen molar-refractivity contribution in [2.45, 2.75) is 38.7 Å². The van der Waals surface area contributed by atoms with E-state index in [2.05, 4.69) is 12.2 Å². The standard InChI is InChI=1S/C16H26N2O3/c1-2-3-4-5-10-21-12-15(19)11-18-14-8-6-13(7-9-14)16(17)20/h6-9,15,18-19H,2-5,10-12H2,1H3,(H2,17,20). The van der Waals surface area contributed by atoms with Gasteiger partial charge in [0.25, 0.3) is 0 Å². The molecule has 1 amide bonds. The Bertz CT molecular complexity index is 406. The van der Waals surface area contributed by atoms with E-state index in [0.717, 1.165) is 12.1 Å². The number of nitrogens with two attached hydrogens (primary N) is 1. The van der Waals surface area contributed by atoms with E-state index in [9.17, 15) is 9.90 Å². The summed E-state index contributed by atoms with van der Waals surface area (Å²) in [6.07, 6.45) is 4.11. The second-order valence-electron chi connectivity index (χ2n) is 5.11. The number of hydrogen-bond acceptors (Lipinski definition) is 4. The van der Waals surface area contributed by atoms with Crippen LogP contribution < -0.4 is 11.1 Å². The molecule has 0 saturated carbocycles. The summed E-state index contributed by atoms with van der Waals surface area (Å²) in [5.74, 6) is -0.446. The van der Waals surface area contributed by atoms with Crippen LogP contribution in [0.15, 0.2) is 24.3 Å². The van der Waals surface area contributed by atoms with E-state index in [0.29, 0.717) is 25.3 Å². The number of carbonyl (C=O) groups excluding carboxylic acids is 1. The number of anilines is 1. The number of amides is 1. The third-order valence-electron chi connectivity index (χ3n) is 3.16. The van der Waals surface area contributed by atoms with Crippen molar-refractivity contribution >= 4 is 11.6 Å². The molecule has 0 aliphatic heterocycles. The Morgan fingerprint density at radius 3 is 2.62 bits per heavy atom. The van der Waals surface area contributed by atoms with Gasteiger partial charge in [0.1, 0.15) is 0 Å². The van der Waals surface area contributed by atoms with Crippen LogP contribution in [0.5, 0.6) is 0 Å². The van der Waals surface area contributed by atoms with Gasteiger partial charge in [-0.1, -0.05) is 26.2 Å². The molecule has 21 heavy (non-hydrogen) atoms. The highest BCUT2D eigenvalue weighted by Gasteiger charge is 2.05. The highest BCUT2D eigenvalue weighted by molar-refractivity contribution is 5.93. The number of ether oxygens (including phenoxy) is 1. The number of unbranched alkanes of at least 4 members (excludes halogenated alkanes) is 3. The van der Waals surface area contributed by atoms with Gasteiger partial charge in [-0.25, -0.2) is 0 Å². The maximum absolute atomic E-state index is 10.9. The lowest BCUT2D eigenvalue weighted by atomic mass is 10.2. The molecule has 0 heterocycles. The Hall–Kier alpha value is -1.59. The van der Waals surface area contributed by atoms with Crippen LogP contribution in [0.1, 0.15) is 43.0 Å². The van der Waals surface area contributed by atoms with Crippen LogP contribution >= 0.6 is 0 Å². The van der Waals surface area contributed by atoms with Gasteiger partial charge >= 0.3 is 0 Å². The summed E-state index contributed by atoms with van der Waals surface area (Å²) < 4.78 is 5.43. The zero-order valence-corrected chi connectivity index (χ0v) is 12.7. The summed E-state index contributed by atoms with van der Waals surface area (Å²) in [5.41, 5.74) is 6.47. The number of benzene rings is 1. The first-order valence-electron chi connectivity index (χ1n) is 7.53. The van der Waals surface area contributed by atoms with Crippen LogP contribution in [-0.4, -0.2) is 36.9 Å². The van der Waals surface area contributed by atoms with Crippen LogP contribution in [0.3, 0.4) is 0 Å². The minimum atomic E-state index is -0.549. The molecule has 5 heteroatoms. The van der Waals surface area contributed by atoms with E-state index in [1.165, 1.54) is 19.3 Å². The van der Waals surface area contributed by atoms with Gasteiger partial charge in [-0.3, -0.25) is 4.79 Å². The molecule has 0 aliphatic rings.